The molecular weight excluding hydrogens is 397 g/mol. The van der Waals surface area contributed by atoms with Crippen LogP contribution in [0.2, 0.25) is 0 Å². The van der Waals surface area contributed by atoms with E-state index in [1.165, 1.54) is 12.1 Å². The molecule has 0 spiro atoms. The molecule has 0 unspecified atom stereocenters. The Morgan fingerprint density at radius 3 is 2.61 bits per heavy atom. The molecule has 5 aromatic rings. The molecule has 0 bridgehead atoms. The third-order valence-corrected chi connectivity index (χ3v) is 4.78. The first-order valence-corrected chi connectivity index (χ1v) is 9.54. The fourth-order valence-electron chi connectivity index (χ4n) is 3.32. The van der Waals surface area contributed by atoms with Crippen LogP contribution in [0.3, 0.4) is 0 Å². The smallest absolute Gasteiger partial charge is 0.247 e. The zero-order valence-corrected chi connectivity index (χ0v) is 16.8. The van der Waals surface area contributed by atoms with E-state index in [1.54, 1.807) is 42.3 Å². The second-order valence-electron chi connectivity index (χ2n) is 6.91. The van der Waals surface area contributed by atoms with Gasteiger partial charge in [0.05, 0.1) is 24.8 Å². The van der Waals surface area contributed by atoms with Crippen molar-refractivity contribution in [1.29, 1.82) is 0 Å². The maximum Gasteiger partial charge on any atom is 0.247 e. The van der Waals surface area contributed by atoms with E-state index in [2.05, 4.69) is 25.4 Å². The molecule has 0 fully saturated rings. The van der Waals surface area contributed by atoms with Crippen molar-refractivity contribution < 1.29 is 9.13 Å². The van der Waals surface area contributed by atoms with Crippen molar-refractivity contribution in [3.8, 4) is 22.8 Å². The van der Waals surface area contributed by atoms with Gasteiger partial charge in [0.25, 0.3) is 0 Å². The number of hydrogen-bond acceptors (Lipinski definition) is 6. The first kappa shape index (κ1) is 18.7. The molecule has 3 heterocycles. The minimum Gasteiger partial charge on any atom is -0.494 e. The predicted octanol–water partition coefficient (Wildman–Crippen LogP) is 4.18. The van der Waals surface area contributed by atoms with Crippen LogP contribution in [-0.2, 0) is 0 Å². The van der Waals surface area contributed by atoms with Crippen molar-refractivity contribution in [2.45, 2.75) is 6.92 Å². The molecule has 1 N–H and O–H groups in total. The zero-order valence-electron chi connectivity index (χ0n) is 16.8. The molecule has 0 atom stereocenters. The van der Waals surface area contributed by atoms with Gasteiger partial charge >= 0.3 is 0 Å². The van der Waals surface area contributed by atoms with Gasteiger partial charge in [-0.3, -0.25) is 0 Å². The van der Waals surface area contributed by atoms with Gasteiger partial charge in [-0.2, -0.15) is 9.50 Å². The summed E-state index contributed by atoms with van der Waals surface area (Å²) >= 11 is 0. The summed E-state index contributed by atoms with van der Waals surface area (Å²) in [7, 11) is 1.62. The van der Waals surface area contributed by atoms with Crippen molar-refractivity contribution in [2.24, 2.45) is 0 Å². The van der Waals surface area contributed by atoms with Crippen LogP contribution in [0.15, 0.2) is 67.3 Å². The van der Waals surface area contributed by atoms with E-state index in [0.29, 0.717) is 23.2 Å². The third kappa shape index (κ3) is 3.57. The van der Waals surface area contributed by atoms with Gasteiger partial charge in [0.1, 0.15) is 11.6 Å². The van der Waals surface area contributed by atoms with Crippen LogP contribution in [0.4, 0.5) is 16.0 Å². The summed E-state index contributed by atoms with van der Waals surface area (Å²) in [6.07, 6.45) is 5.32. The van der Waals surface area contributed by atoms with Crippen LogP contribution >= 0.6 is 0 Å². The second-order valence-corrected chi connectivity index (χ2v) is 6.91. The van der Waals surface area contributed by atoms with Crippen LogP contribution in [0, 0.1) is 12.7 Å². The molecule has 0 saturated heterocycles. The van der Waals surface area contributed by atoms with Gasteiger partial charge in [-0.05, 0) is 43.3 Å². The summed E-state index contributed by atoms with van der Waals surface area (Å²) in [4.78, 5) is 13.2. The highest BCUT2D eigenvalue weighted by molar-refractivity contribution is 5.64. The van der Waals surface area contributed by atoms with E-state index in [-0.39, 0.29) is 5.82 Å². The lowest BCUT2D eigenvalue weighted by molar-refractivity contribution is 0.413. The molecule has 0 aliphatic heterocycles. The third-order valence-electron chi connectivity index (χ3n) is 4.78. The van der Waals surface area contributed by atoms with Crippen LogP contribution in [0.25, 0.3) is 22.7 Å². The Morgan fingerprint density at radius 2 is 1.87 bits per heavy atom. The van der Waals surface area contributed by atoms with Crippen molar-refractivity contribution >= 4 is 17.3 Å². The topological polar surface area (TPSA) is 82.2 Å². The Hall–Kier alpha value is -4.27. The average Bonchev–Trinajstić information content (AvgIpc) is 3.39. The largest absolute Gasteiger partial charge is 0.494 e. The lowest BCUT2D eigenvalue weighted by Gasteiger charge is -2.11. The number of anilines is 2. The van der Waals surface area contributed by atoms with Crippen LogP contribution < -0.4 is 10.1 Å². The predicted molar refractivity (Wildman–Crippen MR) is 114 cm³/mol. The summed E-state index contributed by atoms with van der Waals surface area (Å²) < 4.78 is 22.4. The summed E-state index contributed by atoms with van der Waals surface area (Å²) in [6, 6.07) is 13.6. The quantitative estimate of drug-likeness (QED) is 0.464. The molecule has 0 aliphatic rings. The van der Waals surface area contributed by atoms with E-state index >= 15 is 0 Å². The number of aromatic nitrogens is 6. The molecule has 0 amide bonds. The Bertz CT molecular complexity index is 1370. The number of benzene rings is 2. The molecule has 5 rings (SSSR count). The highest BCUT2D eigenvalue weighted by atomic mass is 19.1. The van der Waals surface area contributed by atoms with E-state index in [9.17, 15) is 4.39 Å². The van der Waals surface area contributed by atoms with Crippen molar-refractivity contribution in [1.82, 2.24) is 29.1 Å². The number of imidazole rings is 1. The van der Waals surface area contributed by atoms with E-state index < -0.39 is 0 Å². The standard InChI is InChI=1S/C22H18FN7O/c1-14-12-29(13-25-14)18-8-7-17(11-19(18)31-2)26-22-27-20-9-10-24-21(30(20)28-22)15-3-5-16(23)6-4-15/h3-13H,1-2H3,(H,26,28). The fraction of sp³-hybridized carbons (Fsp3) is 0.0909. The van der Waals surface area contributed by atoms with Gasteiger partial charge in [-0.15, -0.1) is 5.10 Å². The highest BCUT2D eigenvalue weighted by Crippen LogP contribution is 2.28. The highest BCUT2D eigenvalue weighted by Gasteiger charge is 2.12. The van der Waals surface area contributed by atoms with Gasteiger partial charge in [0.2, 0.25) is 5.95 Å². The monoisotopic (exact) mass is 415 g/mol. The Morgan fingerprint density at radius 1 is 1.03 bits per heavy atom. The summed E-state index contributed by atoms with van der Waals surface area (Å²) in [5, 5.41) is 7.73. The molecular formula is C22H18FN7O. The fourth-order valence-corrected chi connectivity index (χ4v) is 3.32. The Kier molecular flexibility index (Phi) is 4.55. The van der Waals surface area contributed by atoms with E-state index in [4.69, 9.17) is 4.74 Å². The van der Waals surface area contributed by atoms with E-state index in [1.807, 2.05) is 35.9 Å². The second kappa shape index (κ2) is 7.52. The minimum absolute atomic E-state index is 0.305. The molecule has 31 heavy (non-hydrogen) atoms. The van der Waals surface area contributed by atoms with Crippen molar-refractivity contribution in [3.63, 3.8) is 0 Å². The van der Waals surface area contributed by atoms with Gasteiger partial charge in [0, 0.05) is 35.8 Å². The first-order chi connectivity index (χ1) is 15.1. The molecule has 0 aliphatic carbocycles. The van der Waals surface area contributed by atoms with Gasteiger partial charge in [-0.1, -0.05) is 0 Å². The molecule has 9 heteroatoms. The molecule has 8 nitrogen and oxygen atoms in total. The summed E-state index contributed by atoms with van der Waals surface area (Å²) in [5.74, 6) is 1.35. The lowest BCUT2D eigenvalue weighted by atomic mass is 10.2. The van der Waals surface area contributed by atoms with Gasteiger partial charge < -0.3 is 14.6 Å². The first-order valence-electron chi connectivity index (χ1n) is 9.54. The average molecular weight is 415 g/mol. The number of halogens is 1. The molecule has 3 aromatic heterocycles. The maximum absolute atomic E-state index is 13.3. The SMILES string of the molecule is COc1cc(Nc2nc3ccnc(-c4ccc(F)cc4)n3n2)ccc1-n1cnc(C)c1. The number of rotatable bonds is 5. The summed E-state index contributed by atoms with van der Waals surface area (Å²) in [6.45, 7) is 1.93. The van der Waals surface area contributed by atoms with Crippen LogP contribution in [0.5, 0.6) is 5.75 Å². The minimum atomic E-state index is -0.305. The molecule has 2 aromatic carbocycles. The Labute approximate surface area is 177 Å². The lowest BCUT2D eigenvalue weighted by Crippen LogP contribution is -1.99. The molecule has 0 saturated carbocycles. The zero-order chi connectivity index (χ0) is 21.4. The number of aryl methyl sites for hydroxylation is 1. The van der Waals surface area contributed by atoms with Gasteiger partial charge in [0.15, 0.2) is 11.5 Å². The number of ether oxygens (including phenoxy) is 1. The number of nitrogens with zero attached hydrogens (tertiary/aromatic N) is 6. The Balaban J connectivity index is 1.48. The molecule has 0 radical (unpaired) electrons. The normalized spacial score (nSPS) is 11.1. The van der Waals surface area contributed by atoms with Crippen molar-refractivity contribution in [2.75, 3.05) is 12.4 Å². The molecule has 154 valence electrons. The number of methoxy groups -OCH3 is 1. The van der Waals surface area contributed by atoms with Gasteiger partial charge in [-0.25, -0.2) is 14.4 Å². The number of fused-ring (bicyclic) bond motifs is 1. The summed E-state index contributed by atoms with van der Waals surface area (Å²) in [5.41, 5.74) is 3.92. The number of hydrogen-bond donors (Lipinski definition) is 1. The maximum atomic E-state index is 13.3. The van der Waals surface area contributed by atoms with Crippen LogP contribution in [-0.4, -0.2) is 36.2 Å². The van der Waals surface area contributed by atoms with Crippen LogP contribution in [0.1, 0.15) is 5.69 Å². The van der Waals surface area contributed by atoms with E-state index in [0.717, 1.165) is 22.6 Å². The number of nitrogens with one attached hydrogen (secondary N) is 1. The van der Waals surface area contributed by atoms with Crippen molar-refractivity contribution in [3.05, 3.63) is 78.8 Å².